The second kappa shape index (κ2) is 5.96. The molecule has 0 unspecified atom stereocenters. The number of nitrogens with zero attached hydrogens (tertiary/aromatic N) is 3. The highest BCUT2D eigenvalue weighted by molar-refractivity contribution is 5.94. The molecule has 1 spiro atoms. The molecule has 1 aromatic carbocycles. The molecule has 1 aromatic heterocycles. The molecule has 1 amide bonds. The zero-order valence-electron chi connectivity index (χ0n) is 13.2. The first kappa shape index (κ1) is 15.2. The van der Waals surface area contributed by atoms with Gasteiger partial charge in [0, 0.05) is 12.5 Å². The third-order valence-corrected chi connectivity index (χ3v) is 5.01. The van der Waals surface area contributed by atoms with Gasteiger partial charge < -0.3 is 14.7 Å². The summed E-state index contributed by atoms with van der Waals surface area (Å²) in [4.78, 5) is 14.2. The first-order valence-electron chi connectivity index (χ1n) is 8.11. The fraction of sp³-hybridized carbons (Fsp3) is 0.389. The van der Waals surface area contributed by atoms with E-state index in [0.29, 0.717) is 18.7 Å². The van der Waals surface area contributed by atoms with E-state index in [1.54, 1.807) is 11.0 Å². The van der Waals surface area contributed by atoms with Crippen LogP contribution in [-0.2, 0) is 4.74 Å². The van der Waals surface area contributed by atoms with Gasteiger partial charge in [0.25, 0.3) is 5.91 Å². The summed E-state index contributed by atoms with van der Waals surface area (Å²) in [5.41, 5.74) is 1.02. The van der Waals surface area contributed by atoms with E-state index in [9.17, 15) is 9.90 Å². The van der Waals surface area contributed by atoms with Crippen molar-refractivity contribution in [3.63, 3.8) is 0 Å². The summed E-state index contributed by atoms with van der Waals surface area (Å²) in [5, 5.41) is 18.0. The van der Waals surface area contributed by atoms with Gasteiger partial charge in [-0.2, -0.15) is 10.2 Å². The molecule has 2 aliphatic rings. The summed E-state index contributed by atoms with van der Waals surface area (Å²) >= 11 is 0. The molecular formula is C18H19N3O3. The van der Waals surface area contributed by atoms with Crippen LogP contribution >= 0.6 is 0 Å². The minimum atomic E-state index is -0.676. The van der Waals surface area contributed by atoms with Crippen molar-refractivity contribution < 1.29 is 14.6 Å². The standard InChI is InChI=1S/C18H19N3O3/c22-16-10-21(17(23)14-6-7-19-20-9-14)12-18(16)8-15(11-24-18)13-4-2-1-3-5-13/h1-7,9,15-16,22H,8,10-12H2/t15-,16+,18+/m0/s1. The lowest BCUT2D eigenvalue weighted by Gasteiger charge is -2.26. The van der Waals surface area contributed by atoms with E-state index < -0.39 is 11.7 Å². The molecule has 2 aliphatic heterocycles. The Labute approximate surface area is 140 Å². The average Bonchev–Trinajstić information content (AvgIpc) is 3.21. The molecule has 0 bridgehead atoms. The molecule has 3 heterocycles. The van der Waals surface area contributed by atoms with E-state index in [-0.39, 0.29) is 18.4 Å². The molecular weight excluding hydrogens is 306 g/mol. The molecule has 2 saturated heterocycles. The van der Waals surface area contributed by atoms with Gasteiger partial charge in [-0.25, -0.2) is 0 Å². The maximum Gasteiger partial charge on any atom is 0.255 e. The van der Waals surface area contributed by atoms with Gasteiger partial charge in [0.2, 0.25) is 0 Å². The summed E-state index contributed by atoms with van der Waals surface area (Å²) < 4.78 is 6.03. The second-order valence-corrected chi connectivity index (χ2v) is 6.52. The number of rotatable bonds is 2. The third kappa shape index (κ3) is 2.57. The van der Waals surface area contributed by atoms with Crippen molar-refractivity contribution in [3.8, 4) is 0 Å². The SMILES string of the molecule is O=C(c1ccnnc1)N1C[C@@H](O)[C@@]2(C[C@H](c3ccccc3)CO2)C1. The van der Waals surface area contributed by atoms with E-state index in [4.69, 9.17) is 4.74 Å². The zero-order chi connectivity index (χ0) is 16.6. The van der Waals surface area contributed by atoms with E-state index >= 15 is 0 Å². The fourth-order valence-corrected chi connectivity index (χ4v) is 3.71. The Bertz CT molecular complexity index is 725. The number of benzene rings is 1. The van der Waals surface area contributed by atoms with E-state index in [2.05, 4.69) is 22.3 Å². The highest BCUT2D eigenvalue weighted by atomic mass is 16.5. The molecule has 24 heavy (non-hydrogen) atoms. The third-order valence-electron chi connectivity index (χ3n) is 5.01. The minimum absolute atomic E-state index is 0.146. The van der Waals surface area contributed by atoms with Crippen molar-refractivity contribution in [1.29, 1.82) is 0 Å². The number of amides is 1. The number of aliphatic hydroxyl groups excluding tert-OH is 1. The number of carbonyl (C=O) groups is 1. The topological polar surface area (TPSA) is 75.6 Å². The molecule has 3 atom stereocenters. The van der Waals surface area contributed by atoms with Crippen LogP contribution in [0.3, 0.4) is 0 Å². The van der Waals surface area contributed by atoms with Crippen LogP contribution in [0.15, 0.2) is 48.8 Å². The predicted molar refractivity (Wildman–Crippen MR) is 86.4 cm³/mol. The van der Waals surface area contributed by atoms with Crippen LogP contribution in [0.5, 0.6) is 0 Å². The summed E-state index contributed by atoms with van der Waals surface area (Å²) in [6.45, 7) is 1.25. The molecule has 124 valence electrons. The van der Waals surface area contributed by atoms with Gasteiger partial charge in [-0.05, 0) is 18.1 Å². The molecule has 4 rings (SSSR count). The van der Waals surface area contributed by atoms with Gasteiger partial charge in [0.1, 0.15) is 11.7 Å². The molecule has 1 N–H and O–H groups in total. The van der Waals surface area contributed by atoms with E-state index in [1.165, 1.54) is 18.0 Å². The highest BCUT2D eigenvalue weighted by Gasteiger charge is 2.53. The Morgan fingerprint density at radius 2 is 2.08 bits per heavy atom. The predicted octanol–water partition coefficient (Wildman–Crippen LogP) is 1.24. The molecule has 2 fully saturated rings. The van der Waals surface area contributed by atoms with Crippen LogP contribution in [-0.4, -0.2) is 57.5 Å². The smallest absolute Gasteiger partial charge is 0.255 e. The van der Waals surface area contributed by atoms with Crippen LogP contribution in [0.2, 0.25) is 0 Å². The number of aromatic nitrogens is 2. The average molecular weight is 325 g/mol. The van der Waals surface area contributed by atoms with E-state index in [1.807, 2.05) is 18.2 Å². The Morgan fingerprint density at radius 1 is 1.25 bits per heavy atom. The second-order valence-electron chi connectivity index (χ2n) is 6.52. The van der Waals surface area contributed by atoms with Gasteiger partial charge in [-0.15, -0.1) is 0 Å². The normalized spacial score (nSPS) is 29.3. The minimum Gasteiger partial charge on any atom is -0.388 e. The van der Waals surface area contributed by atoms with Crippen molar-refractivity contribution in [2.24, 2.45) is 0 Å². The lowest BCUT2D eigenvalue weighted by molar-refractivity contribution is -0.0591. The molecule has 2 aromatic rings. The van der Waals surface area contributed by atoms with Crippen molar-refractivity contribution in [3.05, 3.63) is 59.9 Å². The van der Waals surface area contributed by atoms with Gasteiger partial charge in [-0.1, -0.05) is 30.3 Å². The lowest BCUT2D eigenvalue weighted by atomic mass is 9.87. The van der Waals surface area contributed by atoms with Crippen LogP contribution in [0.4, 0.5) is 0 Å². The highest BCUT2D eigenvalue weighted by Crippen LogP contribution is 2.42. The largest absolute Gasteiger partial charge is 0.388 e. The Morgan fingerprint density at radius 3 is 2.83 bits per heavy atom. The number of ether oxygens (including phenoxy) is 1. The fourth-order valence-electron chi connectivity index (χ4n) is 3.71. The number of hydrogen-bond donors (Lipinski definition) is 1. The molecule has 0 radical (unpaired) electrons. The number of hydrogen-bond acceptors (Lipinski definition) is 5. The maximum atomic E-state index is 12.6. The first-order valence-corrected chi connectivity index (χ1v) is 8.11. The van der Waals surface area contributed by atoms with E-state index in [0.717, 1.165) is 6.42 Å². The first-order chi connectivity index (χ1) is 11.7. The van der Waals surface area contributed by atoms with Crippen molar-refractivity contribution >= 4 is 5.91 Å². The summed E-state index contributed by atoms with van der Waals surface area (Å²) in [5.74, 6) is 0.103. The zero-order valence-corrected chi connectivity index (χ0v) is 13.2. The van der Waals surface area contributed by atoms with Gasteiger partial charge in [0.15, 0.2) is 0 Å². The quantitative estimate of drug-likeness (QED) is 0.899. The number of carbonyl (C=O) groups excluding carboxylic acids is 1. The Kier molecular flexibility index (Phi) is 3.78. The summed E-state index contributed by atoms with van der Waals surface area (Å²) in [6.07, 6.45) is 2.98. The van der Waals surface area contributed by atoms with Gasteiger partial charge in [0.05, 0.1) is 31.1 Å². The van der Waals surface area contributed by atoms with Crippen molar-refractivity contribution in [1.82, 2.24) is 15.1 Å². The molecule has 0 aliphatic carbocycles. The van der Waals surface area contributed by atoms with Gasteiger partial charge in [-0.3, -0.25) is 4.79 Å². The Hall–Kier alpha value is -2.31. The monoisotopic (exact) mass is 325 g/mol. The number of β-amino-alcohol motifs (C(OH)–C–C–N with tert-alkyl or cyclic N) is 1. The van der Waals surface area contributed by atoms with Crippen molar-refractivity contribution in [2.75, 3.05) is 19.7 Å². The van der Waals surface area contributed by atoms with Crippen LogP contribution in [0.1, 0.15) is 28.3 Å². The van der Waals surface area contributed by atoms with Crippen LogP contribution in [0.25, 0.3) is 0 Å². The number of likely N-dealkylation sites (tertiary alicyclic amines) is 1. The molecule has 6 nitrogen and oxygen atoms in total. The van der Waals surface area contributed by atoms with Crippen LogP contribution in [0, 0.1) is 0 Å². The van der Waals surface area contributed by atoms with Crippen LogP contribution < -0.4 is 0 Å². The maximum absolute atomic E-state index is 12.6. The lowest BCUT2D eigenvalue weighted by Crippen LogP contribution is -2.41. The van der Waals surface area contributed by atoms with Crippen molar-refractivity contribution in [2.45, 2.75) is 24.0 Å². The summed E-state index contributed by atoms with van der Waals surface area (Å²) in [7, 11) is 0. The summed E-state index contributed by atoms with van der Waals surface area (Å²) in [6, 6.07) is 11.8. The molecule has 6 heteroatoms. The number of aliphatic hydroxyl groups is 1. The molecule has 0 saturated carbocycles. The van der Waals surface area contributed by atoms with Gasteiger partial charge >= 0.3 is 0 Å². The Balaban J connectivity index is 1.50.